The van der Waals surface area contributed by atoms with Crippen LogP contribution in [0.4, 0.5) is 0 Å². The smallest absolute Gasteiger partial charge is 0.305 e. The average molecular weight is 1070 g/mol. The van der Waals surface area contributed by atoms with Gasteiger partial charge in [-0.15, -0.1) is 0 Å². The van der Waals surface area contributed by atoms with Gasteiger partial charge in [0.05, 0.1) is 25.4 Å². The molecule has 2 atom stereocenters. The third kappa shape index (κ3) is 61.6. The Morgan fingerprint density at radius 3 is 0.934 bits per heavy atom. The topological polar surface area (TPSA) is 95.9 Å². The van der Waals surface area contributed by atoms with E-state index in [1.165, 1.54) is 321 Å². The predicted octanol–water partition coefficient (Wildman–Crippen LogP) is 22.1. The lowest BCUT2D eigenvalue weighted by Crippen LogP contribution is -2.45. The number of hydrogen-bond acceptors (Lipinski definition) is 5. The van der Waals surface area contributed by atoms with Gasteiger partial charge < -0.3 is 20.3 Å². The van der Waals surface area contributed by atoms with Crippen LogP contribution in [0, 0.1) is 0 Å². The van der Waals surface area contributed by atoms with Crippen LogP contribution in [0.2, 0.25) is 0 Å². The molecule has 0 heterocycles. The van der Waals surface area contributed by atoms with E-state index in [4.69, 9.17) is 4.74 Å². The number of amides is 1. The number of aliphatic hydroxyl groups is 2. The zero-order chi connectivity index (χ0) is 55.0. The van der Waals surface area contributed by atoms with Gasteiger partial charge in [0.15, 0.2) is 0 Å². The molecule has 0 saturated carbocycles. The molecule has 0 bridgehead atoms. The molecule has 0 fully saturated rings. The summed E-state index contributed by atoms with van der Waals surface area (Å²) in [6.07, 6.45) is 82.5. The van der Waals surface area contributed by atoms with E-state index < -0.39 is 12.1 Å². The van der Waals surface area contributed by atoms with Crippen LogP contribution in [-0.2, 0) is 14.3 Å². The number of carbonyl (C=O) groups is 2. The van der Waals surface area contributed by atoms with Crippen LogP contribution in [0.25, 0.3) is 0 Å². The summed E-state index contributed by atoms with van der Waals surface area (Å²) in [5.41, 5.74) is 0. The molecular formula is C70H135NO5. The zero-order valence-electron chi connectivity index (χ0n) is 51.5. The minimum atomic E-state index is -0.847. The van der Waals surface area contributed by atoms with Crippen molar-refractivity contribution in [3.05, 3.63) is 24.3 Å². The van der Waals surface area contributed by atoms with Crippen molar-refractivity contribution in [1.29, 1.82) is 0 Å². The number of allylic oxidation sites excluding steroid dienone is 3. The lowest BCUT2D eigenvalue weighted by atomic mass is 10.0. The molecule has 0 saturated heterocycles. The van der Waals surface area contributed by atoms with Crippen LogP contribution in [0.15, 0.2) is 24.3 Å². The number of carbonyl (C=O) groups excluding carboxylic acids is 2. The highest BCUT2D eigenvalue weighted by Gasteiger charge is 2.18. The maximum absolute atomic E-state index is 12.5. The lowest BCUT2D eigenvalue weighted by molar-refractivity contribution is -0.143. The van der Waals surface area contributed by atoms with Crippen molar-refractivity contribution >= 4 is 11.9 Å². The van der Waals surface area contributed by atoms with Gasteiger partial charge >= 0.3 is 5.97 Å². The van der Waals surface area contributed by atoms with Gasteiger partial charge in [0.25, 0.3) is 0 Å². The van der Waals surface area contributed by atoms with E-state index >= 15 is 0 Å². The van der Waals surface area contributed by atoms with Crippen LogP contribution in [0.3, 0.4) is 0 Å². The van der Waals surface area contributed by atoms with Gasteiger partial charge in [0, 0.05) is 12.8 Å². The molecule has 1 amide bonds. The molecule has 6 nitrogen and oxygen atoms in total. The Balaban J connectivity index is 3.39. The minimum Gasteiger partial charge on any atom is -0.466 e. The molecule has 3 N–H and O–H groups in total. The van der Waals surface area contributed by atoms with Crippen molar-refractivity contribution in [3.63, 3.8) is 0 Å². The second-order valence-corrected chi connectivity index (χ2v) is 23.9. The van der Waals surface area contributed by atoms with Gasteiger partial charge in [-0.3, -0.25) is 9.59 Å². The van der Waals surface area contributed by atoms with Gasteiger partial charge in [-0.25, -0.2) is 0 Å². The number of rotatable bonds is 65. The highest BCUT2D eigenvalue weighted by molar-refractivity contribution is 5.76. The second-order valence-electron chi connectivity index (χ2n) is 23.9. The number of ether oxygens (including phenoxy) is 1. The first-order valence-electron chi connectivity index (χ1n) is 34.6. The fourth-order valence-corrected chi connectivity index (χ4v) is 10.9. The number of unbranched alkanes of at least 4 members (excludes halogenated alkanes) is 52. The Morgan fingerprint density at radius 1 is 0.355 bits per heavy atom. The normalized spacial score (nSPS) is 12.6. The van der Waals surface area contributed by atoms with Crippen molar-refractivity contribution in [2.45, 2.75) is 398 Å². The second kappa shape index (κ2) is 65.9. The van der Waals surface area contributed by atoms with Crippen LogP contribution < -0.4 is 5.32 Å². The van der Waals surface area contributed by atoms with Crippen molar-refractivity contribution in [3.8, 4) is 0 Å². The van der Waals surface area contributed by atoms with Gasteiger partial charge in [-0.2, -0.15) is 0 Å². The zero-order valence-corrected chi connectivity index (χ0v) is 51.5. The van der Waals surface area contributed by atoms with Crippen molar-refractivity contribution in [1.82, 2.24) is 5.32 Å². The quantitative estimate of drug-likeness (QED) is 0.0320. The minimum absolute atomic E-state index is 0.0175. The Hall–Kier alpha value is -1.66. The number of esters is 1. The third-order valence-electron chi connectivity index (χ3n) is 16.2. The van der Waals surface area contributed by atoms with Crippen molar-refractivity contribution in [2.24, 2.45) is 0 Å². The average Bonchev–Trinajstić information content (AvgIpc) is 3.42. The molecule has 0 aliphatic carbocycles. The van der Waals surface area contributed by atoms with Crippen LogP contribution in [0.5, 0.6) is 0 Å². The highest BCUT2D eigenvalue weighted by atomic mass is 16.5. The fourth-order valence-electron chi connectivity index (χ4n) is 10.9. The summed E-state index contributed by atoms with van der Waals surface area (Å²) in [5, 5.41) is 23.2. The molecule has 0 aromatic carbocycles. The van der Waals surface area contributed by atoms with E-state index in [9.17, 15) is 19.8 Å². The van der Waals surface area contributed by atoms with Crippen molar-refractivity contribution in [2.75, 3.05) is 13.2 Å². The molecule has 6 heteroatoms. The molecule has 0 aromatic rings. The Labute approximate surface area is 475 Å². The molecular weight excluding hydrogens is 935 g/mol. The summed E-state index contributed by atoms with van der Waals surface area (Å²) < 4.78 is 5.51. The summed E-state index contributed by atoms with van der Waals surface area (Å²) in [6, 6.07) is -0.631. The van der Waals surface area contributed by atoms with E-state index in [1.807, 2.05) is 6.08 Å². The third-order valence-corrected chi connectivity index (χ3v) is 16.2. The maximum Gasteiger partial charge on any atom is 0.305 e. The van der Waals surface area contributed by atoms with Gasteiger partial charge in [0.2, 0.25) is 5.91 Å². The van der Waals surface area contributed by atoms with Crippen LogP contribution >= 0.6 is 0 Å². The summed E-state index contributed by atoms with van der Waals surface area (Å²) in [4.78, 5) is 24.6. The maximum atomic E-state index is 12.5. The molecule has 450 valence electrons. The van der Waals surface area contributed by atoms with E-state index in [0.717, 1.165) is 38.5 Å². The predicted molar refractivity (Wildman–Crippen MR) is 333 cm³/mol. The molecule has 2 unspecified atom stereocenters. The van der Waals surface area contributed by atoms with E-state index in [2.05, 4.69) is 31.3 Å². The molecule has 0 aromatic heterocycles. The van der Waals surface area contributed by atoms with E-state index in [0.29, 0.717) is 19.4 Å². The first-order valence-corrected chi connectivity index (χ1v) is 34.6. The van der Waals surface area contributed by atoms with Gasteiger partial charge in [-0.05, 0) is 57.8 Å². The van der Waals surface area contributed by atoms with E-state index in [-0.39, 0.29) is 18.5 Å². The summed E-state index contributed by atoms with van der Waals surface area (Å²) in [7, 11) is 0. The van der Waals surface area contributed by atoms with Gasteiger partial charge in [-0.1, -0.05) is 340 Å². The SMILES string of the molecule is CCCCCCCCCCCCCCCC/C=C/C(O)C(CO)NC(=O)CCCCCCCCCC/C=C\CCCCCCCCCCCCCCOC(=O)CCCCCCCCCCCCCCCCCCCCC. The standard InChI is InChI=1S/C70H135NO5/c1-3-5-7-9-11-13-15-17-19-21-28-32-36-40-44-48-52-56-60-64-70(75)76-65-61-57-53-49-45-41-37-33-30-27-25-23-22-24-26-29-31-35-39-43-47-51-55-59-63-69(74)71-67(66-72)68(73)62-58-54-50-46-42-38-34-20-18-16-14-12-10-8-6-4-2/h24,26,58,62,67-68,72-73H,3-23,25,27-57,59-61,63-66H2,1-2H3,(H,71,74)/b26-24-,62-58+. The lowest BCUT2D eigenvalue weighted by Gasteiger charge is -2.20. The number of hydrogen-bond donors (Lipinski definition) is 3. The Morgan fingerprint density at radius 2 is 0.618 bits per heavy atom. The van der Waals surface area contributed by atoms with Gasteiger partial charge in [0.1, 0.15) is 0 Å². The molecule has 0 radical (unpaired) electrons. The first-order chi connectivity index (χ1) is 37.5. The first kappa shape index (κ1) is 74.3. The number of aliphatic hydroxyl groups excluding tert-OH is 2. The number of nitrogens with one attached hydrogen (secondary N) is 1. The summed E-state index contributed by atoms with van der Waals surface area (Å²) in [6.45, 7) is 4.94. The molecule has 0 spiro atoms. The highest BCUT2D eigenvalue weighted by Crippen LogP contribution is 2.18. The molecule has 0 rings (SSSR count). The molecule has 0 aliphatic heterocycles. The fraction of sp³-hybridized carbons (Fsp3) is 0.914. The van der Waals surface area contributed by atoms with Crippen LogP contribution in [-0.4, -0.2) is 47.4 Å². The van der Waals surface area contributed by atoms with Crippen molar-refractivity contribution < 1.29 is 24.5 Å². The largest absolute Gasteiger partial charge is 0.466 e. The summed E-state index contributed by atoms with van der Waals surface area (Å²) in [5.74, 6) is -0.0524. The van der Waals surface area contributed by atoms with E-state index in [1.54, 1.807) is 6.08 Å². The Kier molecular flexibility index (Phi) is 64.4. The molecule has 0 aliphatic rings. The monoisotopic (exact) mass is 1070 g/mol. The Bertz CT molecular complexity index is 1190. The summed E-state index contributed by atoms with van der Waals surface area (Å²) >= 11 is 0. The van der Waals surface area contributed by atoms with Crippen LogP contribution in [0.1, 0.15) is 386 Å². The molecule has 76 heavy (non-hydrogen) atoms.